The van der Waals surface area contributed by atoms with Gasteiger partial charge in [-0.2, -0.15) is 0 Å². The first-order chi connectivity index (χ1) is 7.70. The summed E-state index contributed by atoms with van der Waals surface area (Å²) in [6.07, 6.45) is 2.74. The van der Waals surface area contributed by atoms with Gasteiger partial charge in [0.05, 0.1) is 16.1 Å². The van der Waals surface area contributed by atoms with E-state index in [-0.39, 0.29) is 5.69 Å². The van der Waals surface area contributed by atoms with Crippen LogP contribution in [0, 0.1) is 0 Å². The minimum absolute atomic E-state index is 0.128. The summed E-state index contributed by atoms with van der Waals surface area (Å²) in [5.41, 5.74) is 1.72. The monoisotopic (exact) mass is 236 g/mol. The Bertz CT molecular complexity index is 637. The third kappa shape index (κ3) is 1.30. The van der Waals surface area contributed by atoms with Crippen LogP contribution in [0.25, 0.3) is 11.0 Å². The van der Waals surface area contributed by atoms with E-state index in [9.17, 15) is 9.59 Å². The molecule has 0 spiro atoms. The summed E-state index contributed by atoms with van der Waals surface area (Å²) < 4.78 is 1.72. The lowest BCUT2D eigenvalue weighted by atomic mass is 10.2. The number of aromatic nitrogens is 2. The van der Waals surface area contributed by atoms with Crippen molar-refractivity contribution in [3.8, 4) is 0 Å². The van der Waals surface area contributed by atoms with Crippen molar-refractivity contribution < 1.29 is 4.79 Å². The van der Waals surface area contributed by atoms with Gasteiger partial charge in [0.15, 0.2) is 6.29 Å². The zero-order chi connectivity index (χ0) is 11.3. The average molecular weight is 237 g/mol. The Labute approximate surface area is 95.8 Å². The zero-order valence-corrected chi connectivity index (χ0v) is 9.12. The van der Waals surface area contributed by atoms with Crippen LogP contribution in [0.3, 0.4) is 0 Å². The number of carbonyl (C=O) groups is 1. The van der Waals surface area contributed by atoms with Crippen LogP contribution < -0.4 is 5.69 Å². The highest BCUT2D eigenvalue weighted by Gasteiger charge is 2.27. The van der Waals surface area contributed by atoms with Crippen LogP contribution >= 0.6 is 11.6 Å². The molecule has 1 N–H and O–H groups in total. The molecule has 0 amide bonds. The fourth-order valence-corrected chi connectivity index (χ4v) is 2.15. The molecule has 0 saturated heterocycles. The number of benzene rings is 1. The maximum absolute atomic E-state index is 11.7. The Morgan fingerprint density at radius 1 is 1.44 bits per heavy atom. The van der Waals surface area contributed by atoms with E-state index in [4.69, 9.17) is 11.6 Å². The minimum atomic E-state index is -0.128. The van der Waals surface area contributed by atoms with E-state index < -0.39 is 0 Å². The van der Waals surface area contributed by atoms with Crippen molar-refractivity contribution in [3.05, 3.63) is 33.2 Å². The van der Waals surface area contributed by atoms with E-state index in [0.717, 1.165) is 18.4 Å². The lowest BCUT2D eigenvalue weighted by Gasteiger charge is -2.01. The molecule has 1 fully saturated rings. The number of hydrogen-bond acceptors (Lipinski definition) is 2. The zero-order valence-electron chi connectivity index (χ0n) is 8.37. The van der Waals surface area contributed by atoms with E-state index in [1.54, 1.807) is 16.7 Å². The molecule has 1 heterocycles. The van der Waals surface area contributed by atoms with Gasteiger partial charge in [-0.15, -0.1) is 0 Å². The van der Waals surface area contributed by atoms with Crippen LogP contribution in [0.2, 0.25) is 5.02 Å². The third-order valence-corrected chi connectivity index (χ3v) is 3.20. The van der Waals surface area contributed by atoms with E-state index in [2.05, 4.69) is 4.98 Å². The maximum Gasteiger partial charge on any atom is 0.326 e. The highest BCUT2D eigenvalue weighted by atomic mass is 35.5. The number of hydrogen-bond donors (Lipinski definition) is 1. The first-order valence-electron chi connectivity index (χ1n) is 5.09. The van der Waals surface area contributed by atoms with E-state index in [0.29, 0.717) is 28.4 Å². The van der Waals surface area contributed by atoms with Crippen LogP contribution in [0.4, 0.5) is 0 Å². The molecular formula is C11H9ClN2O2. The minimum Gasteiger partial charge on any atom is -0.306 e. The van der Waals surface area contributed by atoms with Crippen molar-refractivity contribution >= 4 is 28.9 Å². The van der Waals surface area contributed by atoms with Crippen LogP contribution in [0.5, 0.6) is 0 Å². The standard InChI is InChI=1S/C11H9ClN2O2/c12-8-4-10-9(3-6(8)5-15)13-11(16)14(10)7-1-2-7/h3-5,7H,1-2H2,(H,13,16). The number of H-pyrrole nitrogens is 1. The highest BCUT2D eigenvalue weighted by molar-refractivity contribution is 6.33. The molecule has 3 rings (SSSR count). The summed E-state index contributed by atoms with van der Waals surface area (Å²) in [5.74, 6) is 0. The second-order valence-corrected chi connectivity index (χ2v) is 4.45. The molecule has 0 bridgehead atoms. The molecule has 82 valence electrons. The third-order valence-electron chi connectivity index (χ3n) is 2.87. The summed E-state index contributed by atoms with van der Waals surface area (Å²) in [6, 6.07) is 3.58. The average Bonchev–Trinajstić information content (AvgIpc) is 3.02. The molecule has 1 aliphatic rings. The van der Waals surface area contributed by atoms with E-state index in [1.807, 2.05) is 0 Å². The second-order valence-electron chi connectivity index (χ2n) is 4.04. The van der Waals surface area contributed by atoms with E-state index >= 15 is 0 Å². The van der Waals surface area contributed by atoms with Gasteiger partial charge in [0, 0.05) is 11.6 Å². The van der Waals surface area contributed by atoms with Crippen LogP contribution in [0.1, 0.15) is 29.2 Å². The summed E-state index contributed by atoms with van der Waals surface area (Å²) in [4.78, 5) is 25.2. The van der Waals surface area contributed by atoms with Crippen LogP contribution in [-0.4, -0.2) is 15.8 Å². The molecule has 1 aliphatic carbocycles. The second kappa shape index (κ2) is 3.22. The van der Waals surface area contributed by atoms with Crippen molar-refractivity contribution in [1.82, 2.24) is 9.55 Å². The lowest BCUT2D eigenvalue weighted by molar-refractivity contribution is 0.112. The fourth-order valence-electron chi connectivity index (χ4n) is 1.95. The number of carbonyl (C=O) groups excluding carboxylic acids is 1. The number of aromatic amines is 1. The van der Waals surface area contributed by atoms with Gasteiger partial charge in [0.1, 0.15) is 0 Å². The molecule has 1 aromatic carbocycles. The predicted octanol–water partition coefficient (Wildman–Crippen LogP) is 2.13. The Morgan fingerprint density at radius 2 is 2.19 bits per heavy atom. The Kier molecular flexibility index (Phi) is 1.94. The quantitative estimate of drug-likeness (QED) is 0.812. The summed E-state index contributed by atoms with van der Waals surface area (Å²) in [6.45, 7) is 0. The van der Waals surface area contributed by atoms with Crippen LogP contribution in [-0.2, 0) is 0 Å². The number of fused-ring (bicyclic) bond motifs is 1. The Balaban J connectivity index is 2.36. The molecule has 4 nitrogen and oxygen atoms in total. The molecule has 1 saturated carbocycles. The largest absolute Gasteiger partial charge is 0.326 e. The van der Waals surface area contributed by atoms with Crippen molar-refractivity contribution in [2.45, 2.75) is 18.9 Å². The number of aldehydes is 1. The van der Waals surface area contributed by atoms with Gasteiger partial charge in [-0.3, -0.25) is 9.36 Å². The number of rotatable bonds is 2. The van der Waals surface area contributed by atoms with Gasteiger partial charge >= 0.3 is 5.69 Å². The van der Waals surface area contributed by atoms with Crippen molar-refractivity contribution in [3.63, 3.8) is 0 Å². The molecular weight excluding hydrogens is 228 g/mol. The van der Waals surface area contributed by atoms with Crippen molar-refractivity contribution in [1.29, 1.82) is 0 Å². The molecule has 2 aromatic rings. The predicted molar refractivity (Wildman–Crippen MR) is 61.2 cm³/mol. The van der Waals surface area contributed by atoms with E-state index in [1.165, 1.54) is 0 Å². The van der Waals surface area contributed by atoms with Gasteiger partial charge < -0.3 is 4.98 Å². The van der Waals surface area contributed by atoms with Gasteiger partial charge in [-0.25, -0.2) is 4.79 Å². The summed E-state index contributed by atoms with van der Waals surface area (Å²) >= 11 is 5.95. The fraction of sp³-hybridized carbons (Fsp3) is 0.273. The molecule has 0 aliphatic heterocycles. The molecule has 16 heavy (non-hydrogen) atoms. The number of imidazole rings is 1. The maximum atomic E-state index is 11.7. The summed E-state index contributed by atoms with van der Waals surface area (Å²) in [7, 11) is 0. The lowest BCUT2D eigenvalue weighted by Crippen LogP contribution is -2.14. The van der Waals surface area contributed by atoms with Gasteiger partial charge in [-0.1, -0.05) is 11.6 Å². The Hall–Kier alpha value is -1.55. The molecule has 0 radical (unpaired) electrons. The van der Waals surface area contributed by atoms with Crippen molar-refractivity contribution in [2.75, 3.05) is 0 Å². The summed E-state index contributed by atoms with van der Waals surface area (Å²) in [5, 5.41) is 0.385. The molecule has 1 aromatic heterocycles. The first kappa shape index (κ1) is 9.66. The van der Waals surface area contributed by atoms with Gasteiger partial charge in [0.25, 0.3) is 0 Å². The SMILES string of the molecule is O=Cc1cc2[nH]c(=O)n(C3CC3)c2cc1Cl. The first-order valence-corrected chi connectivity index (χ1v) is 5.47. The molecule has 0 atom stereocenters. The van der Waals surface area contributed by atoms with Gasteiger partial charge in [0.2, 0.25) is 0 Å². The molecule has 0 unspecified atom stereocenters. The van der Waals surface area contributed by atoms with Gasteiger partial charge in [-0.05, 0) is 25.0 Å². The normalized spacial score (nSPS) is 15.6. The van der Waals surface area contributed by atoms with Crippen LogP contribution in [0.15, 0.2) is 16.9 Å². The highest BCUT2D eigenvalue weighted by Crippen LogP contribution is 2.36. The smallest absolute Gasteiger partial charge is 0.306 e. The number of nitrogens with one attached hydrogen (secondary N) is 1. The number of halogens is 1. The van der Waals surface area contributed by atoms with Crippen molar-refractivity contribution in [2.24, 2.45) is 0 Å². The molecule has 5 heteroatoms. The number of nitrogens with zero attached hydrogens (tertiary/aromatic N) is 1. The topological polar surface area (TPSA) is 54.9 Å². The Morgan fingerprint density at radius 3 is 2.81 bits per heavy atom.